The lowest BCUT2D eigenvalue weighted by atomic mass is 9.96. The second-order valence-corrected chi connectivity index (χ2v) is 8.10. The summed E-state index contributed by atoms with van der Waals surface area (Å²) in [6.07, 6.45) is 9.48. The zero-order valence-corrected chi connectivity index (χ0v) is 17.9. The minimum Gasteiger partial charge on any atom is -0.451 e. The highest BCUT2D eigenvalue weighted by molar-refractivity contribution is 14.1. The van der Waals surface area contributed by atoms with Crippen LogP contribution in [0.3, 0.4) is 0 Å². The summed E-state index contributed by atoms with van der Waals surface area (Å²) in [7, 11) is 0. The van der Waals surface area contributed by atoms with Gasteiger partial charge in [-0.25, -0.2) is 0 Å². The first-order chi connectivity index (χ1) is 13.6. The third-order valence-corrected chi connectivity index (χ3v) is 5.43. The zero-order valence-electron chi connectivity index (χ0n) is 15.7. The van der Waals surface area contributed by atoms with Crippen molar-refractivity contribution in [2.24, 2.45) is 0 Å². The second-order valence-electron chi connectivity index (χ2n) is 7.04. The Morgan fingerprint density at radius 2 is 1.64 bits per heavy atom. The van der Waals surface area contributed by atoms with Gasteiger partial charge in [0.05, 0.1) is 0 Å². The van der Waals surface area contributed by atoms with Crippen molar-refractivity contribution >= 4 is 40.5 Å². The first kappa shape index (κ1) is 20.6. The van der Waals surface area contributed by atoms with E-state index < -0.39 is 0 Å². The largest absolute Gasteiger partial charge is 0.451 e. The van der Waals surface area contributed by atoms with E-state index in [1.807, 2.05) is 12.1 Å². The summed E-state index contributed by atoms with van der Waals surface area (Å²) >= 11 is 2.07. The number of amides is 2. The number of furan rings is 1. The Balaban J connectivity index is 1.76. The minimum absolute atomic E-state index is 0.140. The van der Waals surface area contributed by atoms with Crippen LogP contribution in [-0.4, -0.2) is 17.9 Å². The summed E-state index contributed by atoms with van der Waals surface area (Å²) in [5, 5.41) is 5.86. The molecule has 1 aliphatic rings. The molecule has 0 bridgehead atoms. The van der Waals surface area contributed by atoms with Crippen LogP contribution in [0.25, 0.3) is 6.08 Å². The van der Waals surface area contributed by atoms with Gasteiger partial charge in [-0.3, -0.25) is 9.59 Å². The zero-order chi connectivity index (χ0) is 19.8. The van der Waals surface area contributed by atoms with E-state index in [1.165, 1.54) is 19.3 Å². The molecule has 1 heterocycles. The van der Waals surface area contributed by atoms with Gasteiger partial charge in [0.15, 0.2) is 3.77 Å². The number of carbonyl (C=O) groups excluding carboxylic acids is 2. The summed E-state index contributed by atoms with van der Waals surface area (Å²) < 4.78 is 6.28. The second kappa shape index (κ2) is 10.5. The smallest absolute Gasteiger partial charge is 0.268 e. The third kappa shape index (κ3) is 6.22. The van der Waals surface area contributed by atoms with Crippen molar-refractivity contribution in [3.05, 3.63) is 63.3 Å². The van der Waals surface area contributed by atoms with Crippen molar-refractivity contribution in [2.45, 2.75) is 51.0 Å². The van der Waals surface area contributed by atoms with Gasteiger partial charge in [-0.15, -0.1) is 0 Å². The Morgan fingerprint density at radius 3 is 2.29 bits per heavy atom. The average Bonchev–Trinajstić information content (AvgIpc) is 3.08. The van der Waals surface area contributed by atoms with Crippen LogP contribution in [0, 0.1) is 3.77 Å². The lowest BCUT2D eigenvalue weighted by molar-refractivity contribution is -0.118. The van der Waals surface area contributed by atoms with Crippen LogP contribution in [0.4, 0.5) is 0 Å². The van der Waals surface area contributed by atoms with Crippen molar-refractivity contribution in [2.75, 3.05) is 0 Å². The van der Waals surface area contributed by atoms with Gasteiger partial charge in [0.25, 0.3) is 11.8 Å². The van der Waals surface area contributed by atoms with Crippen molar-refractivity contribution in [1.29, 1.82) is 0 Å². The summed E-state index contributed by atoms with van der Waals surface area (Å²) in [6, 6.07) is 12.6. The molecule has 0 radical (unpaired) electrons. The van der Waals surface area contributed by atoms with Crippen molar-refractivity contribution in [3.63, 3.8) is 0 Å². The number of hydrogen-bond acceptors (Lipinski definition) is 3. The molecule has 1 aliphatic carbocycles. The molecule has 1 fully saturated rings. The molecule has 6 heteroatoms. The van der Waals surface area contributed by atoms with Gasteiger partial charge < -0.3 is 15.1 Å². The molecule has 2 N–H and O–H groups in total. The first-order valence-corrected chi connectivity index (χ1v) is 10.8. The average molecular weight is 492 g/mol. The van der Waals surface area contributed by atoms with Crippen LogP contribution >= 0.6 is 22.6 Å². The Morgan fingerprint density at radius 1 is 0.964 bits per heavy atom. The van der Waals surface area contributed by atoms with E-state index in [2.05, 4.69) is 33.2 Å². The summed E-state index contributed by atoms with van der Waals surface area (Å²) in [5.41, 5.74) is 0.697. The molecule has 1 aromatic heterocycles. The predicted octanol–water partition coefficient (Wildman–Crippen LogP) is 4.88. The number of benzene rings is 1. The maximum Gasteiger partial charge on any atom is 0.268 e. The number of rotatable bonds is 5. The maximum atomic E-state index is 12.9. The molecule has 1 saturated carbocycles. The highest BCUT2D eigenvalue weighted by atomic mass is 127. The number of halogens is 1. The molecule has 3 rings (SSSR count). The van der Waals surface area contributed by atoms with Gasteiger partial charge in [-0.2, -0.15) is 0 Å². The fourth-order valence-electron chi connectivity index (χ4n) is 3.35. The van der Waals surface area contributed by atoms with E-state index in [0.29, 0.717) is 11.3 Å². The van der Waals surface area contributed by atoms with E-state index in [-0.39, 0.29) is 23.6 Å². The SMILES string of the molecule is O=C(NC1CCCCCCC1)C(=Cc1ccc(I)o1)NC(=O)c1ccccc1. The monoisotopic (exact) mass is 492 g/mol. The van der Waals surface area contributed by atoms with Crippen molar-refractivity contribution in [3.8, 4) is 0 Å². The molecule has 0 unspecified atom stereocenters. The molecule has 0 atom stereocenters. The molecule has 1 aromatic carbocycles. The Kier molecular flexibility index (Phi) is 7.71. The standard InChI is InChI=1S/C22H25IN2O3/c23-20-14-13-18(28-20)15-19(25-21(26)16-9-5-4-6-10-16)22(27)24-17-11-7-2-1-3-8-12-17/h4-6,9-10,13-15,17H,1-3,7-8,11-12H2,(H,24,27)(H,25,26). The highest BCUT2D eigenvalue weighted by Crippen LogP contribution is 2.18. The Bertz CT molecular complexity index is 821. The van der Waals surface area contributed by atoms with Crippen molar-refractivity contribution in [1.82, 2.24) is 10.6 Å². The molecule has 28 heavy (non-hydrogen) atoms. The maximum absolute atomic E-state index is 12.9. The quantitative estimate of drug-likeness (QED) is 0.462. The normalized spacial score (nSPS) is 16.1. The lowest BCUT2D eigenvalue weighted by Crippen LogP contribution is -2.40. The summed E-state index contributed by atoms with van der Waals surface area (Å²) in [4.78, 5) is 25.5. The number of hydrogen-bond donors (Lipinski definition) is 2. The van der Waals surface area contributed by atoms with Crippen LogP contribution in [0.5, 0.6) is 0 Å². The van der Waals surface area contributed by atoms with Gasteiger partial charge in [-0.1, -0.05) is 50.3 Å². The highest BCUT2D eigenvalue weighted by Gasteiger charge is 2.19. The summed E-state index contributed by atoms with van der Waals surface area (Å²) in [5.74, 6) is -0.0669. The molecule has 0 aliphatic heterocycles. The van der Waals surface area contributed by atoms with E-state index in [1.54, 1.807) is 36.4 Å². The van der Waals surface area contributed by atoms with Gasteiger partial charge in [-0.05, 0) is 59.7 Å². The Hall–Kier alpha value is -2.09. The number of nitrogens with one attached hydrogen (secondary N) is 2. The van der Waals surface area contributed by atoms with E-state index in [9.17, 15) is 9.59 Å². The molecule has 0 spiro atoms. The topological polar surface area (TPSA) is 71.3 Å². The fraction of sp³-hybridized carbons (Fsp3) is 0.364. The van der Waals surface area contributed by atoms with Crippen LogP contribution in [0.1, 0.15) is 61.1 Å². The molecule has 2 aromatic rings. The van der Waals surface area contributed by atoms with Crippen LogP contribution in [-0.2, 0) is 4.79 Å². The van der Waals surface area contributed by atoms with E-state index in [4.69, 9.17) is 4.42 Å². The molecule has 2 amide bonds. The van der Waals surface area contributed by atoms with Crippen molar-refractivity contribution < 1.29 is 14.0 Å². The lowest BCUT2D eigenvalue weighted by Gasteiger charge is -2.22. The first-order valence-electron chi connectivity index (χ1n) is 9.76. The molecular weight excluding hydrogens is 467 g/mol. The minimum atomic E-state index is -0.319. The van der Waals surface area contributed by atoms with Crippen LogP contribution in [0.2, 0.25) is 0 Å². The number of carbonyl (C=O) groups is 2. The van der Waals surface area contributed by atoms with Gasteiger partial charge in [0.1, 0.15) is 11.5 Å². The molecule has 0 saturated heterocycles. The van der Waals surface area contributed by atoms with Gasteiger partial charge in [0.2, 0.25) is 0 Å². The summed E-state index contributed by atoms with van der Waals surface area (Å²) in [6.45, 7) is 0. The molecule has 5 nitrogen and oxygen atoms in total. The van der Waals surface area contributed by atoms with Crippen LogP contribution in [0.15, 0.2) is 52.6 Å². The van der Waals surface area contributed by atoms with E-state index in [0.717, 1.165) is 29.5 Å². The molecule has 148 valence electrons. The fourth-order valence-corrected chi connectivity index (χ4v) is 3.79. The Labute approximate surface area is 179 Å². The van der Waals surface area contributed by atoms with Gasteiger partial charge >= 0.3 is 0 Å². The predicted molar refractivity (Wildman–Crippen MR) is 118 cm³/mol. The van der Waals surface area contributed by atoms with Gasteiger partial charge in [0, 0.05) is 17.7 Å². The third-order valence-electron chi connectivity index (χ3n) is 4.85. The van der Waals surface area contributed by atoms with E-state index >= 15 is 0 Å². The molecular formula is C22H25IN2O3. The van der Waals surface area contributed by atoms with Crippen LogP contribution < -0.4 is 10.6 Å².